The lowest BCUT2D eigenvalue weighted by Crippen LogP contribution is -2.00. The number of nitrogens with two attached hydrogens (primary N) is 1. The van der Waals surface area contributed by atoms with Crippen molar-refractivity contribution in [1.82, 2.24) is 9.97 Å². The Morgan fingerprint density at radius 3 is 2.60 bits per heavy atom. The second kappa shape index (κ2) is 9.11. The molecule has 3 nitrogen and oxygen atoms in total. The number of hydrogen-bond acceptors (Lipinski definition) is 5. The fourth-order valence-electron chi connectivity index (χ4n) is 2.43. The van der Waals surface area contributed by atoms with E-state index in [9.17, 15) is 0 Å². The van der Waals surface area contributed by atoms with E-state index in [1.807, 2.05) is 19.2 Å². The number of allylic oxidation sites excluding steroid dienone is 2. The highest BCUT2D eigenvalue weighted by atomic mass is 32.1. The molecule has 25 heavy (non-hydrogen) atoms. The van der Waals surface area contributed by atoms with Gasteiger partial charge in [0.1, 0.15) is 0 Å². The Labute approximate surface area is 159 Å². The first kappa shape index (κ1) is 19.6. The van der Waals surface area contributed by atoms with Crippen LogP contribution in [0.4, 0.5) is 0 Å². The molecule has 2 heterocycles. The highest BCUT2D eigenvalue weighted by molar-refractivity contribution is 7.12. The number of aryl methyl sites for hydroxylation is 3. The van der Waals surface area contributed by atoms with Crippen molar-refractivity contribution in [2.75, 3.05) is 0 Å². The summed E-state index contributed by atoms with van der Waals surface area (Å²) in [6.07, 6.45) is 10.2. The number of unbranched alkanes of at least 4 members (excludes halogenated alkanes) is 1. The van der Waals surface area contributed by atoms with E-state index in [0.717, 1.165) is 52.5 Å². The summed E-state index contributed by atoms with van der Waals surface area (Å²) in [4.78, 5) is 11.3. The van der Waals surface area contributed by atoms with Crippen molar-refractivity contribution in [3.05, 3.63) is 55.1 Å². The van der Waals surface area contributed by atoms with Gasteiger partial charge in [0.05, 0.1) is 20.6 Å². The lowest BCUT2D eigenvalue weighted by Gasteiger charge is -2.05. The number of hydrogen-bond donors (Lipinski definition) is 1. The molecule has 0 aliphatic carbocycles. The summed E-state index contributed by atoms with van der Waals surface area (Å²) in [5, 5.41) is 2.27. The van der Waals surface area contributed by atoms with E-state index >= 15 is 0 Å². The Morgan fingerprint density at radius 2 is 1.96 bits per heavy atom. The lowest BCUT2D eigenvalue weighted by atomic mass is 10.1. The van der Waals surface area contributed by atoms with E-state index in [1.165, 1.54) is 15.5 Å². The maximum absolute atomic E-state index is 6.15. The maximum Gasteiger partial charge on any atom is 0.0934 e. The van der Waals surface area contributed by atoms with E-state index in [1.54, 1.807) is 22.7 Å². The minimum Gasteiger partial charge on any atom is -0.398 e. The first-order valence-electron chi connectivity index (χ1n) is 8.54. The molecule has 0 spiro atoms. The van der Waals surface area contributed by atoms with Gasteiger partial charge in [-0.25, -0.2) is 9.97 Å². The average molecular weight is 374 g/mol. The van der Waals surface area contributed by atoms with Crippen molar-refractivity contribution in [2.45, 2.75) is 53.4 Å². The molecule has 5 heteroatoms. The van der Waals surface area contributed by atoms with Crippen LogP contribution < -0.4 is 5.73 Å². The molecule has 0 amide bonds. The summed E-state index contributed by atoms with van der Waals surface area (Å²) < 4.78 is 0. The summed E-state index contributed by atoms with van der Waals surface area (Å²) in [5.41, 5.74) is 10.4. The van der Waals surface area contributed by atoms with Crippen LogP contribution >= 0.6 is 22.7 Å². The zero-order chi connectivity index (χ0) is 18.4. The smallest absolute Gasteiger partial charge is 0.0934 e. The van der Waals surface area contributed by atoms with E-state index in [2.05, 4.69) is 43.4 Å². The summed E-state index contributed by atoms with van der Waals surface area (Å²) in [6, 6.07) is 0. The predicted molar refractivity (Wildman–Crippen MR) is 112 cm³/mol. The van der Waals surface area contributed by atoms with E-state index in [4.69, 9.17) is 5.73 Å². The largest absolute Gasteiger partial charge is 0.398 e. The van der Waals surface area contributed by atoms with Gasteiger partial charge in [-0.15, -0.1) is 22.7 Å². The van der Waals surface area contributed by atoms with E-state index < -0.39 is 0 Å². The van der Waals surface area contributed by atoms with Crippen molar-refractivity contribution in [2.24, 2.45) is 5.73 Å². The number of rotatable bonds is 8. The Hall–Kier alpha value is -1.72. The Balaban J connectivity index is 1.80. The van der Waals surface area contributed by atoms with Crippen LogP contribution in [0.3, 0.4) is 0 Å². The first-order valence-corrected chi connectivity index (χ1v) is 10.2. The van der Waals surface area contributed by atoms with Gasteiger partial charge in [-0.2, -0.15) is 0 Å². The molecule has 2 aromatic rings. The Morgan fingerprint density at radius 1 is 1.20 bits per heavy atom. The van der Waals surface area contributed by atoms with Crippen LogP contribution in [-0.4, -0.2) is 9.97 Å². The van der Waals surface area contributed by atoms with Gasteiger partial charge in [0, 0.05) is 16.8 Å². The fourth-order valence-corrected chi connectivity index (χ4v) is 4.34. The molecule has 0 fully saturated rings. The second-order valence-electron chi connectivity index (χ2n) is 6.47. The van der Waals surface area contributed by atoms with E-state index in [-0.39, 0.29) is 0 Å². The maximum atomic E-state index is 6.15. The van der Waals surface area contributed by atoms with Crippen molar-refractivity contribution >= 4 is 34.8 Å². The SMILES string of the molecule is C=C(CCCCc1nc(C)c(C=C(C)C)s1)/C(N)=C/c1cnc(C)s1. The number of nitrogens with zero attached hydrogens (tertiary/aromatic N) is 2. The molecule has 0 bridgehead atoms. The van der Waals surface area contributed by atoms with Crippen molar-refractivity contribution in [3.8, 4) is 0 Å². The molecule has 2 rings (SSSR count). The predicted octanol–water partition coefficient (Wildman–Crippen LogP) is 5.91. The molecule has 0 radical (unpaired) electrons. The molecule has 2 aromatic heterocycles. The van der Waals surface area contributed by atoms with Gasteiger partial charge in [-0.1, -0.05) is 12.2 Å². The zero-order valence-corrected chi connectivity index (χ0v) is 17.2. The first-order chi connectivity index (χ1) is 11.8. The average Bonchev–Trinajstić information content (AvgIpc) is 3.09. The minimum atomic E-state index is 0.764. The third kappa shape index (κ3) is 6.25. The highest BCUT2D eigenvalue weighted by Crippen LogP contribution is 2.23. The summed E-state index contributed by atoms with van der Waals surface area (Å²) >= 11 is 3.45. The Kier molecular flexibility index (Phi) is 7.14. The number of aromatic nitrogens is 2. The van der Waals surface area contributed by atoms with Gasteiger partial charge in [0.2, 0.25) is 0 Å². The monoisotopic (exact) mass is 373 g/mol. The molecule has 0 saturated carbocycles. The topological polar surface area (TPSA) is 51.8 Å². The van der Waals surface area contributed by atoms with Crippen LogP contribution in [0.15, 0.2) is 29.6 Å². The molecule has 0 unspecified atom stereocenters. The normalized spacial score (nSPS) is 11.6. The molecule has 134 valence electrons. The van der Waals surface area contributed by atoms with Crippen LogP contribution in [0.2, 0.25) is 0 Å². The summed E-state index contributed by atoms with van der Waals surface area (Å²) in [7, 11) is 0. The zero-order valence-electron chi connectivity index (χ0n) is 15.6. The Bertz CT molecular complexity index is 790. The second-order valence-corrected chi connectivity index (χ2v) is 8.85. The van der Waals surface area contributed by atoms with Gasteiger partial charge >= 0.3 is 0 Å². The molecule has 0 aliphatic rings. The van der Waals surface area contributed by atoms with Crippen molar-refractivity contribution in [1.29, 1.82) is 0 Å². The summed E-state index contributed by atoms with van der Waals surface area (Å²) in [5.74, 6) is 0. The molecular formula is C20H27N3S2. The molecule has 0 saturated heterocycles. The molecule has 0 atom stereocenters. The van der Waals surface area contributed by atoms with Crippen LogP contribution in [0.5, 0.6) is 0 Å². The van der Waals surface area contributed by atoms with E-state index in [0.29, 0.717) is 0 Å². The van der Waals surface area contributed by atoms with Gasteiger partial charge in [-0.3, -0.25) is 0 Å². The fraction of sp³-hybridized carbons (Fsp3) is 0.400. The molecule has 0 aromatic carbocycles. The third-order valence-electron chi connectivity index (χ3n) is 3.76. The molecular weight excluding hydrogens is 346 g/mol. The quantitative estimate of drug-likeness (QED) is 0.462. The van der Waals surface area contributed by atoms with Gasteiger partial charge in [0.15, 0.2) is 0 Å². The standard InChI is InChI=1S/C20H27N3S2/c1-13(2)10-19-15(4)23-20(25-19)9-7-6-8-14(3)18(21)11-17-12-22-16(5)24-17/h10-12H,3,6-9,21H2,1-2,4-5H3/b18-11-. The van der Waals surface area contributed by atoms with Gasteiger partial charge < -0.3 is 5.73 Å². The molecule has 2 N–H and O–H groups in total. The van der Waals surface area contributed by atoms with Crippen molar-refractivity contribution in [3.63, 3.8) is 0 Å². The van der Waals surface area contributed by atoms with Crippen LogP contribution in [0, 0.1) is 13.8 Å². The minimum absolute atomic E-state index is 0.764. The van der Waals surface area contributed by atoms with Crippen LogP contribution in [0.1, 0.15) is 58.6 Å². The molecule has 0 aliphatic heterocycles. The summed E-state index contributed by atoms with van der Waals surface area (Å²) in [6.45, 7) is 12.4. The highest BCUT2D eigenvalue weighted by Gasteiger charge is 2.06. The van der Waals surface area contributed by atoms with Crippen molar-refractivity contribution < 1.29 is 0 Å². The van der Waals surface area contributed by atoms with Gasteiger partial charge in [0.25, 0.3) is 0 Å². The van der Waals surface area contributed by atoms with Crippen LogP contribution in [-0.2, 0) is 6.42 Å². The van der Waals surface area contributed by atoms with Gasteiger partial charge in [-0.05, 0) is 71.1 Å². The lowest BCUT2D eigenvalue weighted by molar-refractivity contribution is 0.729. The number of thiazole rings is 2. The van der Waals surface area contributed by atoms with Crippen LogP contribution in [0.25, 0.3) is 12.2 Å². The third-order valence-corrected chi connectivity index (χ3v) is 5.78.